The first-order valence-corrected chi connectivity index (χ1v) is 5.23. The van der Waals surface area contributed by atoms with E-state index >= 15 is 0 Å². The Hall–Kier alpha value is -1.00. The average molecular weight is 208 g/mol. The zero-order chi connectivity index (χ0) is 10.6. The van der Waals surface area contributed by atoms with Crippen molar-refractivity contribution >= 4 is 11.6 Å². The van der Waals surface area contributed by atoms with Crippen LogP contribution in [0, 0.1) is 31.1 Å². The number of alkyl halides is 1. The van der Waals surface area contributed by atoms with E-state index < -0.39 is 0 Å². The predicted molar refractivity (Wildman–Crippen MR) is 59.4 cm³/mol. The van der Waals surface area contributed by atoms with Crippen LogP contribution < -0.4 is 0 Å². The van der Waals surface area contributed by atoms with Gasteiger partial charge in [0.1, 0.15) is 0 Å². The molecule has 1 atom stereocenters. The summed E-state index contributed by atoms with van der Waals surface area (Å²) in [7, 11) is 0. The van der Waals surface area contributed by atoms with Crippen LogP contribution in [-0.4, -0.2) is 5.88 Å². The summed E-state index contributed by atoms with van der Waals surface area (Å²) in [5.74, 6) is 0.334. The quantitative estimate of drug-likeness (QED) is 0.699. The van der Waals surface area contributed by atoms with E-state index in [1.54, 1.807) is 0 Å². The number of nitrogens with zero attached hydrogens (tertiary/aromatic N) is 1. The number of hydrogen-bond acceptors (Lipinski definition) is 1. The van der Waals surface area contributed by atoms with Crippen LogP contribution in [0.2, 0.25) is 0 Å². The average Bonchev–Trinajstić information content (AvgIpc) is 2.18. The van der Waals surface area contributed by atoms with Crippen molar-refractivity contribution in [2.45, 2.75) is 20.3 Å². The maximum absolute atomic E-state index is 8.83. The molecule has 0 aliphatic carbocycles. The van der Waals surface area contributed by atoms with Crippen molar-refractivity contribution in [3.05, 3.63) is 34.9 Å². The number of benzene rings is 1. The van der Waals surface area contributed by atoms with Crippen molar-refractivity contribution in [3.8, 4) is 6.07 Å². The molecule has 0 heterocycles. The molecule has 1 aromatic carbocycles. The third-order valence-corrected chi connectivity index (χ3v) is 2.84. The molecule has 0 aromatic heterocycles. The Labute approximate surface area is 90.3 Å². The molecular formula is C12H14ClN. The number of aryl methyl sites for hydroxylation is 2. The molecule has 0 spiro atoms. The van der Waals surface area contributed by atoms with Gasteiger partial charge in [-0.1, -0.05) is 18.2 Å². The smallest absolute Gasteiger partial charge is 0.0671 e. The fraction of sp³-hybridized carbons (Fsp3) is 0.417. The van der Waals surface area contributed by atoms with Crippen LogP contribution in [0.4, 0.5) is 0 Å². The van der Waals surface area contributed by atoms with Gasteiger partial charge in [-0.15, -0.1) is 11.6 Å². The topological polar surface area (TPSA) is 23.8 Å². The number of nitriles is 1. The van der Waals surface area contributed by atoms with Crippen molar-refractivity contribution in [2.75, 3.05) is 5.88 Å². The Kier molecular flexibility index (Phi) is 3.98. The molecule has 14 heavy (non-hydrogen) atoms. The van der Waals surface area contributed by atoms with Gasteiger partial charge >= 0.3 is 0 Å². The summed E-state index contributed by atoms with van der Waals surface area (Å²) in [5.41, 5.74) is 3.76. The molecule has 0 fully saturated rings. The van der Waals surface area contributed by atoms with E-state index in [0.717, 1.165) is 6.42 Å². The molecule has 2 heteroatoms. The summed E-state index contributed by atoms with van der Waals surface area (Å²) < 4.78 is 0. The molecule has 1 aromatic rings. The van der Waals surface area contributed by atoms with Gasteiger partial charge in [0, 0.05) is 5.88 Å². The molecule has 0 amide bonds. The predicted octanol–water partition coefficient (Wildman–Crippen LogP) is 3.22. The Morgan fingerprint density at radius 3 is 2.36 bits per heavy atom. The molecule has 1 rings (SSSR count). The fourth-order valence-corrected chi connectivity index (χ4v) is 1.73. The summed E-state index contributed by atoms with van der Waals surface area (Å²) >= 11 is 5.70. The molecule has 0 aliphatic rings. The van der Waals surface area contributed by atoms with Crippen molar-refractivity contribution in [2.24, 2.45) is 5.92 Å². The van der Waals surface area contributed by atoms with Crippen LogP contribution >= 0.6 is 11.6 Å². The number of hydrogen-bond donors (Lipinski definition) is 0. The Balaban J connectivity index is 2.91. The minimum Gasteiger partial charge on any atom is -0.198 e. The summed E-state index contributed by atoms with van der Waals surface area (Å²) in [6, 6.07) is 8.41. The lowest BCUT2D eigenvalue weighted by molar-refractivity contribution is 0.739. The number of halogens is 1. The van der Waals surface area contributed by atoms with Crippen LogP contribution in [0.25, 0.3) is 0 Å². The highest BCUT2D eigenvalue weighted by atomic mass is 35.5. The lowest BCUT2D eigenvalue weighted by atomic mass is 9.94. The van der Waals surface area contributed by atoms with E-state index in [2.05, 4.69) is 32.0 Å². The van der Waals surface area contributed by atoms with E-state index in [4.69, 9.17) is 16.9 Å². The molecule has 0 radical (unpaired) electrons. The van der Waals surface area contributed by atoms with Gasteiger partial charge in [0.2, 0.25) is 0 Å². The van der Waals surface area contributed by atoms with Crippen molar-refractivity contribution in [1.82, 2.24) is 0 Å². The second kappa shape index (κ2) is 5.02. The Morgan fingerprint density at radius 2 is 1.93 bits per heavy atom. The zero-order valence-electron chi connectivity index (χ0n) is 8.55. The van der Waals surface area contributed by atoms with Gasteiger partial charge in [0.05, 0.1) is 12.0 Å². The first-order chi connectivity index (χ1) is 6.69. The molecular weight excluding hydrogens is 194 g/mol. The van der Waals surface area contributed by atoms with Gasteiger partial charge < -0.3 is 0 Å². The summed E-state index contributed by atoms with van der Waals surface area (Å²) in [6.07, 6.45) is 0.762. The van der Waals surface area contributed by atoms with Gasteiger partial charge in [-0.25, -0.2) is 0 Å². The van der Waals surface area contributed by atoms with E-state index in [9.17, 15) is 0 Å². The van der Waals surface area contributed by atoms with Crippen LogP contribution in [-0.2, 0) is 6.42 Å². The third-order valence-electron chi connectivity index (χ3n) is 2.46. The molecule has 0 bridgehead atoms. The zero-order valence-corrected chi connectivity index (χ0v) is 9.30. The van der Waals surface area contributed by atoms with Crippen molar-refractivity contribution in [3.63, 3.8) is 0 Å². The molecule has 1 unspecified atom stereocenters. The minimum absolute atomic E-state index is 0.0727. The van der Waals surface area contributed by atoms with E-state index in [1.807, 2.05) is 6.07 Å². The fourth-order valence-electron chi connectivity index (χ4n) is 1.55. The lowest BCUT2D eigenvalue weighted by Crippen LogP contribution is -2.06. The molecule has 0 saturated carbocycles. The first-order valence-electron chi connectivity index (χ1n) is 4.69. The second-order valence-corrected chi connectivity index (χ2v) is 3.86. The van der Waals surface area contributed by atoms with Crippen LogP contribution in [0.5, 0.6) is 0 Å². The highest BCUT2D eigenvalue weighted by Gasteiger charge is 2.10. The highest BCUT2D eigenvalue weighted by Crippen LogP contribution is 2.18. The highest BCUT2D eigenvalue weighted by molar-refractivity contribution is 6.18. The standard InChI is InChI=1S/C12H14ClN/c1-9-4-3-5-10(2)12(9)6-11(7-13)8-14/h3-5,11H,6-7H2,1-2H3. The Bertz CT molecular complexity index is 332. The van der Waals surface area contributed by atoms with Crippen LogP contribution in [0.1, 0.15) is 16.7 Å². The maximum atomic E-state index is 8.83. The summed E-state index contributed by atoms with van der Waals surface area (Å²) in [4.78, 5) is 0. The summed E-state index contributed by atoms with van der Waals surface area (Å²) in [5, 5.41) is 8.83. The van der Waals surface area contributed by atoms with Crippen LogP contribution in [0.15, 0.2) is 18.2 Å². The molecule has 74 valence electrons. The van der Waals surface area contributed by atoms with Gasteiger partial charge in [0.25, 0.3) is 0 Å². The SMILES string of the molecule is Cc1cccc(C)c1CC(C#N)CCl. The van der Waals surface area contributed by atoms with E-state index in [0.29, 0.717) is 5.88 Å². The van der Waals surface area contributed by atoms with Crippen molar-refractivity contribution < 1.29 is 0 Å². The monoisotopic (exact) mass is 207 g/mol. The molecule has 1 nitrogen and oxygen atoms in total. The minimum atomic E-state index is -0.0727. The molecule has 0 N–H and O–H groups in total. The normalized spacial score (nSPS) is 12.1. The van der Waals surface area contributed by atoms with Crippen LogP contribution in [0.3, 0.4) is 0 Å². The first kappa shape index (κ1) is 11.1. The second-order valence-electron chi connectivity index (χ2n) is 3.55. The van der Waals surface area contributed by atoms with E-state index in [-0.39, 0.29) is 5.92 Å². The van der Waals surface area contributed by atoms with Gasteiger partial charge in [-0.2, -0.15) is 5.26 Å². The van der Waals surface area contributed by atoms with E-state index in [1.165, 1.54) is 16.7 Å². The Morgan fingerprint density at radius 1 is 1.36 bits per heavy atom. The van der Waals surface area contributed by atoms with Gasteiger partial charge in [-0.3, -0.25) is 0 Å². The summed E-state index contributed by atoms with van der Waals surface area (Å²) in [6.45, 7) is 4.15. The van der Waals surface area contributed by atoms with Gasteiger partial charge in [0.15, 0.2) is 0 Å². The lowest BCUT2D eigenvalue weighted by Gasteiger charge is -2.11. The van der Waals surface area contributed by atoms with Gasteiger partial charge in [-0.05, 0) is 37.0 Å². The largest absolute Gasteiger partial charge is 0.198 e. The number of rotatable bonds is 3. The third kappa shape index (κ3) is 2.49. The molecule has 0 aliphatic heterocycles. The van der Waals surface area contributed by atoms with Crippen molar-refractivity contribution in [1.29, 1.82) is 5.26 Å². The maximum Gasteiger partial charge on any atom is 0.0671 e. The molecule has 0 saturated heterocycles.